The number of methoxy groups -OCH3 is 2. The standard InChI is InChI=1S/C28H33N5O4S/c1-36-12-8-24(34)32-25-22-15-20(31-19-9-13-38-14-10-19)17-30-27(22)33(26(25)28(35)37-2)11-7-18-16-29-23-6-4-3-5-21(18)23/h3-6,15-17,19,29,31H,7-14H2,1-2H3,(H,32,34). The van der Waals surface area contributed by atoms with Gasteiger partial charge in [-0.2, -0.15) is 11.8 Å². The van der Waals surface area contributed by atoms with Gasteiger partial charge >= 0.3 is 5.97 Å². The average molecular weight is 536 g/mol. The number of thioether (sulfide) groups is 1. The van der Waals surface area contributed by atoms with Crippen molar-refractivity contribution in [1.29, 1.82) is 0 Å². The Morgan fingerprint density at radius 2 is 2.00 bits per heavy atom. The van der Waals surface area contributed by atoms with Crippen molar-refractivity contribution in [3.8, 4) is 0 Å². The molecule has 1 saturated heterocycles. The molecule has 4 heterocycles. The van der Waals surface area contributed by atoms with E-state index in [-0.39, 0.29) is 24.6 Å². The van der Waals surface area contributed by atoms with Gasteiger partial charge in [-0.15, -0.1) is 0 Å². The molecule has 1 aromatic carbocycles. The van der Waals surface area contributed by atoms with Crippen molar-refractivity contribution in [2.45, 2.75) is 38.3 Å². The normalized spacial score (nSPS) is 14.2. The molecule has 5 rings (SSSR count). The maximum atomic E-state index is 13.1. The van der Waals surface area contributed by atoms with E-state index in [1.807, 2.05) is 53.0 Å². The fourth-order valence-corrected chi connectivity index (χ4v) is 6.11. The van der Waals surface area contributed by atoms with Gasteiger partial charge < -0.3 is 29.7 Å². The lowest BCUT2D eigenvalue weighted by atomic mass is 10.1. The minimum atomic E-state index is -0.525. The highest BCUT2D eigenvalue weighted by Gasteiger charge is 2.26. The van der Waals surface area contributed by atoms with E-state index in [1.165, 1.54) is 7.11 Å². The first kappa shape index (κ1) is 26.1. The van der Waals surface area contributed by atoms with Crippen molar-refractivity contribution in [2.24, 2.45) is 0 Å². The second-order valence-electron chi connectivity index (χ2n) is 9.39. The molecule has 0 atom stereocenters. The van der Waals surface area contributed by atoms with E-state index in [0.29, 0.717) is 35.7 Å². The highest BCUT2D eigenvalue weighted by atomic mass is 32.2. The first-order chi connectivity index (χ1) is 18.6. The summed E-state index contributed by atoms with van der Waals surface area (Å²) in [6.07, 6.45) is 6.81. The molecule has 38 heavy (non-hydrogen) atoms. The van der Waals surface area contributed by atoms with Crippen molar-refractivity contribution in [3.05, 3.63) is 54.0 Å². The predicted octanol–water partition coefficient (Wildman–Crippen LogP) is 4.83. The van der Waals surface area contributed by atoms with Gasteiger partial charge in [-0.25, -0.2) is 9.78 Å². The zero-order valence-electron chi connectivity index (χ0n) is 21.7. The van der Waals surface area contributed by atoms with Crippen LogP contribution >= 0.6 is 11.8 Å². The maximum Gasteiger partial charge on any atom is 0.356 e. The van der Waals surface area contributed by atoms with Gasteiger partial charge in [-0.1, -0.05) is 18.2 Å². The number of esters is 1. The monoisotopic (exact) mass is 535 g/mol. The zero-order chi connectivity index (χ0) is 26.5. The number of nitrogens with zero attached hydrogens (tertiary/aromatic N) is 2. The van der Waals surface area contributed by atoms with Crippen molar-refractivity contribution in [2.75, 3.05) is 43.0 Å². The smallest absolute Gasteiger partial charge is 0.356 e. The second-order valence-corrected chi connectivity index (χ2v) is 10.6. The van der Waals surface area contributed by atoms with E-state index in [2.05, 4.69) is 21.7 Å². The number of nitrogens with one attached hydrogen (secondary N) is 3. The van der Waals surface area contributed by atoms with Gasteiger partial charge in [0.2, 0.25) is 5.91 Å². The summed E-state index contributed by atoms with van der Waals surface area (Å²) in [4.78, 5) is 34.0. The van der Waals surface area contributed by atoms with E-state index >= 15 is 0 Å². The van der Waals surface area contributed by atoms with Crippen LogP contribution in [0, 0.1) is 0 Å². The molecule has 1 aliphatic rings. The highest BCUT2D eigenvalue weighted by molar-refractivity contribution is 7.99. The van der Waals surface area contributed by atoms with Crippen LogP contribution in [0.25, 0.3) is 21.9 Å². The Kier molecular flexibility index (Phi) is 8.19. The molecule has 3 aromatic heterocycles. The van der Waals surface area contributed by atoms with E-state index in [9.17, 15) is 9.59 Å². The lowest BCUT2D eigenvalue weighted by Crippen LogP contribution is -2.24. The summed E-state index contributed by atoms with van der Waals surface area (Å²) in [6.45, 7) is 0.764. The summed E-state index contributed by atoms with van der Waals surface area (Å²) >= 11 is 1.97. The predicted molar refractivity (Wildman–Crippen MR) is 152 cm³/mol. The third-order valence-corrected chi connectivity index (χ3v) is 8.00. The van der Waals surface area contributed by atoms with Crippen LogP contribution in [0.3, 0.4) is 0 Å². The Balaban J connectivity index is 1.55. The van der Waals surface area contributed by atoms with Crippen molar-refractivity contribution >= 4 is 56.9 Å². The molecule has 9 nitrogen and oxygen atoms in total. The van der Waals surface area contributed by atoms with Crippen LogP contribution in [0.5, 0.6) is 0 Å². The summed E-state index contributed by atoms with van der Waals surface area (Å²) in [5, 5.41) is 8.40. The molecule has 1 aliphatic heterocycles. The van der Waals surface area contributed by atoms with Crippen LogP contribution in [0.2, 0.25) is 0 Å². The molecule has 0 aliphatic carbocycles. The quantitative estimate of drug-likeness (QED) is 0.250. The number of hydrogen-bond acceptors (Lipinski definition) is 7. The van der Waals surface area contributed by atoms with E-state index in [4.69, 9.17) is 14.5 Å². The Morgan fingerprint density at radius 3 is 2.79 bits per heavy atom. The molecular weight excluding hydrogens is 502 g/mol. The molecule has 10 heteroatoms. The summed E-state index contributed by atoms with van der Waals surface area (Å²) in [5.74, 6) is 1.49. The first-order valence-electron chi connectivity index (χ1n) is 12.9. The summed E-state index contributed by atoms with van der Waals surface area (Å²) in [5.41, 5.74) is 4.39. The van der Waals surface area contributed by atoms with E-state index in [1.54, 1.807) is 7.11 Å². The Bertz CT molecular complexity index is 1440. The van der Waals surface area contributed by atoms with E-state index < -0.39 is 5.97 Å². The van der Waals surface area contributed by atoms with Gasteiger partial charge in [-0.05, 0) is 48.5 Å². The number of carbonyl (C=O) groups excluding carboxylic acids is 2. The molecule has 0 spiro atoms. The van der Waals surface area contributed by atoms with Crippen LogP contribution in [0.4, 0.5) is 11.4 Å². The third kappa shape index (κ3) is 5.51. The Hall–Kier alpha value is -3.50. The zero-order valence-corrected chi connectivity index (χ0v) is 22.5. The molecule has 0 unspecified atom stereocenters. The number of benzene rings is 1. The minimum absolute atomic E-state index is 0.171. The van der Waals surface area contributed by atoms with Gasteiger partial charge in [0.05, 0.1) is 37.7 Å². The number of carbonyl (C=O) groups is 2. The number of aromatic amines is 1. The molecular formula is C28H33N5O4S. The lowest BCUT2D eigenvalue weighted by molar-refractivity contribution is -0.117. The molecule has 0 saturated carbocycles. The number of aromatic nitrogens is 3. The number of hydrogen-bond donors (Lipinski definition) is 3. The number of amides is 1. The number of pyridine rings is 1. The summed E-state index contributed by atoms with van der Waals surface area (Å²) < 4.78 is 12.1. The average Bonchev–Trinajstić information content (AvgIpc) is 3.49. The topological polar surface area (TPSA) is 110 Å². The number of anilines is 2. The molecule has 200 valence electrons. The molecule has 3 N–H and O–H groups in total. The minimum Gasteiger partial charge on any atom is -0.464 e. The second kappa shape index (κ2) is 11.9. The van der Waals surface area contributed by atoms with Crippen molar-refractivity contribution < 1.29 is 19.1 Å². The number of ether oxygens (including phenoxy) is 2. The molecule has 0 radical (unpaired) electrons. The van der Waals surface area contributed by atoms with Crippen molar-refractivity contribution in [3.63, 3.8) is 0 Å². The molecule has 4 aromatic rings. The summed E-state index contributed by atoms with van der Waals surface area (Å²) in [7, 11) is 2.90. The van der Waals surface area contributed by atoms with Gasteiger partial charge in [0.15, 0.2) is 5.69 Å². The van der Waals surface area contributed by atoms with Crippen LogP contribution < -0.4 is 10.6 Å². The fraction of sp³-hybridized carbons (Fsp3) is 0.393. The lowest BCUT2D eigenvalue weighted by Gasteiger charge is -2.23. The van der Waals surface area contributed by atoms with Gasteiger partial charge in [0, 0.05) is 42.2 Å². The molecule has 1 amide bonds. The maximum absolute atomic E-state index is 13.1. The number of fused-ring (bicyclic) bond motifs is 2. The van der Waals surface area contributed by atoms with Crippen LogP contribution in [-0.2, 0) is 27.2 Å². The SMILES string of the molecule is COCCC(=O)Nc1c(C(=O)OC)n(CCc2c[nH]c3ccccc23)c2ncc(NC3CCSCC3)cc12. The van der Waals surface area contributed by atoms with Gasteiger partial charge in [-0.3, -0.25) is 4.79 Å². The van der Waals surface area contributed by atoms with Crippen LogP contribution in [0.15, 0.2) is 42.7 Å². The number of aryl methyl sites for hydroxylation is 2. The Morgan fingerprint density at radius 1 is 1.18 bits per heavy atom. The number of H-pyrrole nitrogens is 1. The number of rotatable bonds is 10. The first-order valence-corrected chi connectivity index (χ1v) is 14.0. The van der Waals surface area contributed by atoms with Gasteiger partial charge in [0.25, 0.3) is 0 Å². The Labute approximate surface area is 225 Å². The largest absolute Gasteiger partial charge is 0.464 e. The van der Waals surface area contributed by atoms with Crippen molar-refractivity contribution in [1.82, 2.24) is 14.5 Å². The molecule has 0 bridgehead atoms. The summed E-state index contributed by atoms with van der Waals surface area (Å²) in [6, 6.07) is 10.5. The third-order valence-electron chi connectivity index (χ3n) is 6.95. The molecule has 1 fully saturated rings. The van der Waals surface area contributed by atoms with Gasteiger partial charge in [0.1, 0.15) is 5.65 Å². The van der Waals surface area contributed by atoms with E-state index in [0.717, 1.165) is 46.5 Å². The highest BCUT2D eigenvalue weighted by Crippen LogP contribution is 2.34. The number of para-hydroxylation sites is 1. The van der Waals surface area contributed by atoms with Crippen LogP contribution in [0.1, 0.15) is 35.3 Å². The fourth-order valence-electron chi connectivity index (χ4n) is 5.00. The van der Waals surface area contributed by atoms with Crippen LogP contribution in [-0.4, -0.2) is 64.8 Å².